The van der Waals surface area contributed by atoms with E-state index in [1.807, 2.05) is 31.2 Å². The summed E-state index contributed by atoms with van der Waals surface area (Å²) in [6.45, 7) is 1.90. The van der Waals surface area contributed by atoms with Gasteiger partial charge in [0.15, 0.2) is 0 Å². The Balaban J connectivity index is 2.15. The van der Waals surface area contributed by atoms with Crippen LogP contribution >= 0.6 is 11.6 Å². The summed E-state index contributed by atoms with van der Waals surface area (Å²) in [6, 6.07) is 10.6. The van der Waals surface area contributed by atoms with Crippen molar-refractivity contribution in [2.45, 2.75) is 13.0 Å². The Bertz CT molecular complexity index is 616. The van der Waals surface area contributed by atoms with Crippen LogP contribution in [0.3, 0.4) is 0 Å². The molecule has 0 bridgehead atoms. The lowest BCUT2D eigenvalue weighted by Crippen LogP contribution is -2.26. The van der Waals surface area contributed by atoms with Crippen LogP contribution in [0.2, 0.25) is 5.15 Å². The number of methoxy groups -OCH3 is 1. The van der Waals surface area contributed by atoms with Crippen molar-refractivity contribution in [3.05, 3.63) is 58.9 Å². The van der Waals surface area contributed by atoms with Crippen molar-refractivity contribution in [2.75, 3.05) is 7.11 Å². The van der Waals surface area contributed by atoms with Gasteiger partial charge in [0.1, 0.15) is 10.9 Å². The molecule has 1 N–H and O–H groups in total. The summed E-state index contributed by atoms with van der Waals surface area (Å²) in [6.07, 6.45) is 1.50. The largest absolute Gasteiger partial charge is 0.496 e. The second-order valence-electron chi connectivity index (χ2n) is 4.30. The summed E-state index contributed by atoms with van der Waals surface area (Å²) in [5, 5.41) is 3.20. The van der Waals surface area contributed by atoms with E-state index in [1.165, 1.54) is 12.3 Å². The third kappa shape index (κ3) is 3.27. The van der Waals surface area contributed by atoms with Crippen molar-refractivity contribution < 1.29 is 9.53 Å². The van der Waals surface area contributed by atoms with Crippen molar-refractivity contribution in [1.29, 1.82) is 0 Å². The molecule has 0 aliphatic rings. The number of rotatable bonds is 4. The van der Waals surface area contributed by atoms with Crippen LogP contribution in [0.15, 0.2) is 42.6 Å². The van der Waals surface area contributed by atoms with Crippen LogP contribution in [-0.2, 0) is 0 Å². The summed E-state index contributed by atoms with van der Waals surface area (Å²) in [5.41, 5.74) is 1.40. The number of pyridine rings is 1. The molecule has 0 saturated carbocycles. The molecule has 2 aromatic rings. The van der Waals surface area contributed by atoms with Gasteiger partial charge in [-0.05, 0) is 25.1 Å². The third-order valence-corrected chi connectivity index (χ3v) is 3.15. The first-order valence-corrected chi connectivity index (χ1v) is 6.55. The van der Waals surface area contributed by atoms with E-state index >= 15 is 0 Å². The number of carbonyl (C=O) groups excluding carboxylic acids is 1. The van der Waals surface area contributed by atoms with Gasteiger partial charge in [-0.3, -0.25) is 4.79 Å². The number of para-hydroxylation sites is 1. The van der Waals surface area contributed by atoms with E-state index in [2.05, 4.69) is 10.3 Å². The molecule has 0 radical (unpaired) electrons. The molecular formula is C15H15ClN2O2. The summed E-state index contributed by atoms with van der Waals surface area (Å²) in [4.78, 5) is 16.0. The first-order valence-electron chi connectivity index (χ1n) is 6.17. The minimum atomic E-state index is -0.201. The molecule has 104 valence electrons. The highest BCUT2D eigenvalue weighted by Gasteiger charge is 2.14. The molecule has 0 spiro atoms. The number of carbonyl (C=O) groups is 1. The van der Waals surface area contributed by atoms with Crippen LogP contribution in [0.4, 0.5) is 0 Å². The molecule has 1 atom stereocenters. The predicted molar refractivity (Wildman–Crippen MR) is 78.1 cm³/mol. The maximum atomic E-state index is 12.1. The third-order valence-electron chi connectivity index (χ3n) is 2.94. The number of ether oxygens (including phenoxy) is 1. The van der Waals surface area contributed by atoms with E-state index in [-0.39, 0.29) is 11.9 Å². The maximum Gasteiger partial charge on any atom is 0.251 e. The lowest BCUT2D eigenvalue weighted by atomic mass is 10.1. The molecule has 1 aromatic carbocycles. The van der Waals surface area contributed by atoms with Crippen LogP contribution < -0.4 is 10.1 Å². The lowest BCUT2D eigenvalue weighted by Gasteiger charge is -2.17. The first-order chi connectivity index (χ1) is 9.61. The zero-order chi connectivity index (χ0) is 14.5. The van der Waals surface area contributed by atoms with E-state index in [4.69, 9.17) is 16.3 Å². The number of halogens is 1. The lowest BCUT2D eigenvalue weighted by molar-refractivity contribution is 0.0939. The molecule has 4 nitrogen and oxygen atoms in total. The van der Waals surface area contributed by atoms with Gasteiger partial charge in [0.2, 0.25) is 0 Å². The van der Waals surface area contributed by atoms with Gasteiger partial charge in [-0.2, -0.15) is 0 Å². The Labute approximate surface area is 122 Å². The highest BCUT2D eigenvalue weighted by molar-refractivity contribution is 6.29. The van der Waals surface area contributed by atoms with Gasteiger partial charge < -0.3 is 10.1 Å². The molecule has 1 unspecified atom stereocenters. The number of aromatic nitrogens is 1. The van der Waals surface area contributed by atoms with Crippen LogP contribution in [0.5, 0.6) is 5.75 Å². The highest BCUT2D eigenvalue weighted by Crippen LogP contribution is 2.24. The van der Waals surface area contributed by atoms with E-state index in [1.54, 1.807) is 13.2 Å². The molecule has 0 aliphatic carbocycles. The van der Waals surface area contributed by atoms with Crippen LogP contribution in [0, 0.1) is 0 Å². The maximum absolute atomic E-state index is 12.1. The van der Waals surface area contributed by atoms with Crippen molar-refractivity contribution in [3.8, 4) is 5.75 Å². The van der Waals surface area contributed by atoms with Gasteiger partial charge in [0, 0.05) is 17.3 Å². The normalized spacial score (nSPS) is 11.8. The average molecular weight is 291 g/mol. The van der Waals surface area contributed by atoms with E-state index in [0.717, 1.165) is 11.3 Å². The molecule has 1 heterocycles. The fraction of sp³-hybridized carbons (Fsp3) is 0.200. The molecule has 0 saturated heterocycles. The standard InChI is InChI=1S/C15H15ClN2O2/c1-10(12-5-3-4-6-13(12)20-2)18-15(19)11-7-8-17-14(16)9-11/h3-10H,1-2H3,(H,18,19). The van der Waals surface area contributed by atoms with Crippen LogP contribution in [-0.4, -0.2) is 18.0 Å². The Morgan fingerprint density at radius 2 is 2.10 bits per heavy atom. The molecule has 2 rings (SSSR count). The quantitative estimate of drug-likeness (QED) is 0.880. The second-order valence-corrected chi connectivity index (χ2v) is 4.69. The monoisotopic (exact) mass is 290 g/mol. The summed E-state index contributed by atoms with van der Waals surface area (Å²) in [7, 11) is 1.61. The molecule has 1 amide bonds. The van der Waals surface area contributed by atoms with Gasteiger partial charge >= 0.3 is 0 Å². The fourth-order valence-corrected chi connectivity index (χ4v) is 2.10. The van der Waals surface area contributed by atoms with Crippen LogP contribution in [0.25, 0.3) is 0 Å². The topological polar surface area (TPSA) is 51.2 Å². The van der Waals surface area contributed by atoms with Gasteiger partial charge in [0.25, 0.3) is 5.91 Å². The number of hydrogen-bond acceptors (Lipinski definition) is 3. The molecular weight excluding hydrogens is 276 g/mol. The summed E-state index contributed by atoms with van der Waals surface area (Å²) in [5.74, 6) is 0.542. The second kappa shape index (κ2) is 6.39. The van der Waals surface area contributed by atoms with Gasteiger partial charge in [-0.15, -0.1) is 0 Å². The number of amides is 1. The average Bonchev–Trinajstić information content (AvgIpc) is 2.47. The Kier molecular flexibility index (Phi) is 4.58. The van der Waals surface area contributed by atoms with Crippen LogP contribution in [0.1, 0.15) is 28.9 Å². The minimum Gasteiger partial charge on any atom is -0.496 e. The number of nitrogens with zero attached hydrogens (tertiary/aromatic N) is 1. The van der Waals surface area contributed by atoms with E-state index < -0.39 is 0 Å². The minimum absolute atomic E-state index is 0.175. The van der Waals surface area contributed by atoms with Crippen molar-refractivity contribution >= 4 is 17.5 Å². The molecule has 0 fully saturated rings. The summed E-state index contributed by atoms with van der Waals surface area (Å²) < 4.78 is 5.29. The predicted octanol–water partition coefficient (Wildman–Crippen LogP) is 3.23. The van der Waals surface area contributed by atoms with Crippen molar-refractivity contribution in [3.63, 3.8) is 0 Å². The van der Waals surface area contributed by atoms with E-state index in [9.17, 15) is 4.79 Å². The summed E-state index contributed by atoms with van der Waals surface area (Å²) >= 11 is 5.78. The number of hydrogen-bond donors (Lipinski definition) is 1. The molecule has 1 aromatic heterocycles. The van der Waals surface area contributed by atoms with E-state index in [0.29, 0.717) is 10.7 Å². The van der Waals surface area contributed by atoms with Gasteiger partial charge in [0.05, 0.1) is 13.2 Å². The smallest absolute Gasteiger partial charge is 0.251 e. The molecule has 5 heteroatoms. The van der Waals surface area contributed by atoms with Gasteiger partial charge in [-0.1, -0.05) is 29.8 Å². The van der Waals surface area contributed by atoms with Crippen molar-refractivity contribution in [1.82, 2.24) is 10.3 Å². The SMILES string of the molecule is COc1ccccc1C(C)NC(=O)c1ccnc(Cl)c1. The highest BCUT2D eigenvalue weighted by atomic mass is 35.5. The molecule has 20 heavy (non-hydrogen) atoms. The van der Waals surface area contributed by atoms with Crippen molar-refractivity contribution in [2.24, 2.45) is 0 Å². The molecule has 0 aliphatic heterocycles. The zero-order valence-electron chi connectivity index (χ0n) is 11.3. The fourth-order valence-electron chi connectivity index (χ4n) is 1.93. The Hall–Kier alpha value is -2.07. The number of nitrogens with one attached hydrogen (secondary N) is 1. The Morgan fingerprint density at radius 1 is 1.35 bits per heavy atom. The number of benzene rings is 1. The van der Waals surface area contributed by atoms with Gasteiger partial charge in [-0.25, -0.2) is 4.98 Å². The zero-order valence-corrected chi connectivity index (χ0v) is 12.0. The first kappa shape index (κ1) is 14.3. The Morgan fingerprint density at radius 3 is 2.80 bits per heavy atom.